The number of hydrogen-bond acceptors (Lipinski definition) is 4. The van der Waals surface area contributed by atoms with Gasteiger partial charge in [0.2, 0.25) is 0 Å². The SMILES string of the molecule is CCOP(=O)(OCC)C(F)[S@@](=O)c1ccc(C)cc1. The summed E-state index contributed by atoms with van der Waals surface area (Å²) in [4.78, 5) is 0.262. The Labute approximate surface area is 115 Å². The van der Waals surface area contributed by atoms with Crippen LogP contribution in [-0.4, -0.2) is 22.7 Å². The summed E-state index contributed by atoms with van der Waals surface area (Å²) < 4.78 is 48.2. The second-order valence-corrected chi connectivity index (χ2v) is 7.66. The summed E-state index contributed by atoms with van der Waals surface area (Å²) in [5, 5.41) is -2.19. The fraction of sp³-hybridized carbons (Fsp3) is 0.500. The summed E-state index contributed by atoms with van der Waals surface area (Å²) in [7, 11) is -6.10. The lowest BCUT2D eigenvalue weighted by Gasteiger charge is -2.20. The molecule has 1 rings (SSSR count). The Hall–Kier alpha value is -0.550. The molecule has 0 N–H and O–H groups in total. The average molecular weight is 308 g/mol. The first-order valence-corrected chi connectivity index (χ1v) is 8.77. The third-order valence-electron chi connectivity index (χ3n) is 2.30. The molecule has 0 aromatic heterocycles. The molecule has 1 unspecified atom stereocenters. The summed E-state index contributed by atoms with van der Waals surface area (Å²) in [6.45, 7) is 5.08. The minimum absolute atomic E-state index is 0.0306. The van der Waals surface area contributed by atoms with Crippen LogP contribution >= 0.6 is 7.60 Å². The Kier molecular flexibility index (Phi) is 6.33. The molecule has 2 atom stereocenters. The fourth-order valence-electron chi connectivity index (χ4n) is 1.42. The molecular formula is C12H18FO4PS. The highest BCUT2D eigenvalue weighted by Gasteiger charge is 2.41. The Morgan fingerprint density at radius 1 is 1.21 bits per heavy atom. The van der Waals surface area contributed by atoms with Gasteiger partial charge < -0.3 is 9.05 Å². The van der Waals surface area contributed by atoms with Gasteiger partial charge in [0, 0.05) is 4.90 Å². The molecule has 0 aliphatic heterocycles. The zero-order chi connectivity index (χ0) is 14.5. The van der Waals surface area contributed by atoms with Crippen molar-refractivity contribution in [1.29, 1.82) is 0 Å². The van der Waals surface area contributed by atoms with E-state index in [1.54, 1.807) is 38.1 Å². The van der Waals surface area contributed by atoms with E-state index in [2.05, 4.69) is 0 Å². The number of benzene rings is 1. The molecule has 0 amide bonds. The van der Waals surface area contributed by atoms with Crippen molar-refractivity contribution in [3.63, 3.8) is 0 Å². The van der Waals surface area contributed by atoms with E-state index in [1.165, 1.54) is 0 Å². The van der Waals surface area contributed by atoms with Crippen molar-refractivity contribution in [3.05, 3.63) is 29.8 Å². The van der Waals surface area contributed by atoms with Gasteiger partial charge in [-0.1, -0.05) is 17.7 Å². The molecule has 0 heterocycles. The summed E-state index contributed by atoms with van der Waals surface area (Å²) in [5.74, 6) is 0. The smallest absolute Gasteiger partial charge is 0.306 e. The van der Waals surface area contributed by atoms with E-state index in [9.17, 15) is 13.2 Å². The molecule has 19 heavy (non-hydrogen) atoms. The topological polar surface area (TPSA) is 52.6 Å². The van der Waals surface area contributed by atoms with E-state index in [0.717, 1.165) is 5.56 Å². The van der Waals surface area contributed by atoms with Gasteiger partial charge in [0.25, 0.3) is 5.24 Å². The molecular weight excluding hydrogens is 290 g/mol. The minimum atomic E-state index is -4.01. The summed E-state index contributed by atoms with van der Waals surface area (Å²) in [5.41, 5.74) is 0.967. The highest BCUT2D eigenvalue weighted by Crippen LogP contribution is 2.55. The Bertz CT molecular complexity index is 467. The third kappa shape index (κ3) is 4.21. The molecule has 0 radical (unpaired) electrons. The molecule has 0 fully saturated rings. The maximum atomic E-state index is 14.2. The predicted octanol–water partition coefficient (Wildman–Crippen LogP) is 3.62. The Morgan fingerprint density at radius 3 is 2.11 bits per heavy atom. The zero-order valence-electron chi connectivity index (χ0n) is 11.2. The lowest BCUT2D eigenvalue weighted by atomic mass is 10.2. The van der Waals surface area contributed by atoms with Crippen molar-refractivity contribution < 1.29 is 22.2 Å². The third-order valence-corrected chi connectivity index (χ3v) is 6.47. The van der Waals surface area contributed by atoms with Crippen molar-refractivity contribution in [1.82, 2.24) is 0 Å². The monoisotopic (exact) mass is 308 g/mol. The maximum absolute atomic E-state index is 14.2. The number of hydrogen-bond donors (Lipinski definition) is 0. The van der Waals surface area contributed by atoms with Crippen LogP contribution in [-0.2, 0) is 24.4 Å². The first-order valence-electron chi connectivity index (χ1n) is 5.94. The molecule has 1 aromatic carbocycles. The molecule has 1 aromatic rings. The molecule has 0 bridgehead atoms. The second-order valence-electron chi connectivity index (χ2n) is 3.78. The van der Waals surface area contributed by atoms with Crippen LogP contribution in [0, 0.1) is 6.92 Å². The van der Waals surface area contributed by atoms with Crippen LogP contribution in [0.15, 0.2) is 29.2 Å². The minimum Gasteiger partial charge on any atom is -0.306 e. The van der Waals surface area contributed by atoms with Gasteiger partial charge in [0.05, 0.1) is 13.2 Å². The second kappa shape index (κ2) is 7.29. The van der Waals surface area contributed by atoms with Crippen molar-refractivity contribution >= 4 is 18.4 Å². The van der Waals surface area contributed by atoms with Crippen LogP contribution < -0.4 is 0 Å². The van der Waals surface area contributed by atoms with Crippen LogP contribution in [0.25, 0.3) is 0 Å². The molecule has 0 spiro atoms. The number of aryl methyl sites for hydroxylation is 1. The van der Waals surface area contributed by atoms with Crippen LogP contribution in [0.2, 0.25) is 0 Å². The molecule has 0 saturated heterocycles. The van der Waals surface area contributed by atoms with E-state index in [0.29, 0.717) is 0 Å². The lowest BCUT2D eigenvalue weighted by Crippen LogP contribution is -2.14. The largest absolute Gasteiger partial charge is 0.377 e. The van der Waals surface area contributed by atoms with Crippen molar-refractivity contribution in [2.45, 2.75) is 30.9 Å². The standard InChI is InChI=1S/C12H18FO4PS/c1-4-16-18(14,17-5-2)12(13)19(15)11-8-6-10(3)7-9-11/h6-9,12H,4-5H2,1-3H3/t12?,19-/m0/s1. The predicted molar refractivity (Wildman–Crippen MR) is 73.3 cm³/mol. The average Bonchev–Trinajstić information content (AvgIpc) is 2.38. The first-order chi connectivity index (χ1) is 8.94. The zero-order valence-corrected chi connectivity index (χ0v) is 12.9. The van der Waals surface area contributed by atoms with Gasteiger partial charge in [-0.25, -0.2) is 4.39 Å². The van der Waals surface area contributed by atoms with Gasteiger partial charge in [-0.15, -0.1) is 0 Å². The molecule has 0 aliphatic carbocycles. The van der Waals surface area contributed by atoms with E-state index in [4.69, 9.17) is 9.05 Å². The highest BCUT2D eigenvalue weighted by atomic mass is 32.2. The van der Waals surface area contributed by atoms with Gasteiger partial charge in [0.15, 0.2) is 0 Å². The number of rotatable bonds is 7. The van der Waals surface area contributed by atoms with Crippen molar-refractivity contribution in [2.75, 3.05) is 13.2 Å². The van der Waals surface area contributed by atoms with Crippen LogP contribution in [0.5, 0.6) is 0 Å². The Morgan fingerprint density at radius 2 is 1.68 bits per heavy atom. The van der Waals surface area contributed by atoms with E-state index < -0.39 is 23.6 Å². The first kappa shape index (κ1) is 16.5. The lowest BCUT2D eigenvalue weighted by molar-refractivity contribution is 0.204. The molecule has 0 saturated carbocycles. The molecule has 4 nitrogen and oxygen atoms in total. The number of halogens is 1. The van der Waals surface area contributed by atoms with E-state index >= 15 is 0 Å². The van der Waals surface area contributed by atoms with Crippen molar-refractivity contribution in [2.24, 2.45) is 0 Å². The van der Waals surface area contributed by atoms with Gasteiger partial charge in [-0.05, 0) is 32.9 Å². The highest BCUT2D eigenvalue weighted by molar-refractivity contribution is 7.93. The fourth-order valence-corrected chi connectivity index (χ4v) is 4.74. The van der Waals surface area contributed by atoms with Gasteiger partial charge >= 0.3 is 7.60 Å². The maximum Gasteiger partial charge on any atom is 0.377 e. The molecule has 7 heteroatoms. The van der Waals surface area contributed by atoms with Gasteiger partial charge in [-0.3, -0.25) is 8.77 Å². The van der Waals surface area contributed by atoms with Gasteiger partial charge in [0.1, 0.15) is 10.8 Å². The van der Waals surface area contributed by atoms with Crippen LogP contribution in [0.1, 0.15) is 19.4 Å². The van der Waals surface area contributed by atoms with Crippen molar-refractivity contribution in [3.8, 4) is 0 Å². The van der Waals surface area contributed by atoms with Crippen LogP contribution in [0.3, 0.4) is 0 Å². The van der Waals surface area contributed by atoms with Crippen LogP contribution in [0.4, 0.5) is 4.39 Å². The molecule has 0 aliphatic rings. The normalized spacial score (nSPS) is 15.2. The Balaban J connectivity index is 2.96. The summed E-state index contributed by atoms with van der Waals surface area (Å²) in [6, 6.07) is 6.51. The van der Waals surface area contributed by atoms with E-state index in [1.807, 2.05) is 6.92 Å². The van der Waals surface area contributed by atoms with E-state index in [-0.39, 0.29) is 18.1 Å². The summed E-state index contributed by atoms with van der Waals surface area (Å²) >= 11 is 0. The van der Waals surface area contributed by atoms with Gasteiger partial charge in [-0.2, -0.15) is 0 Å². The number of alkyl halides is 1. The summed E-state index contributed by atoms with van der Waals surface area (Å²) in [6.07, 6.45) is 0. The molecule has 108 valence electrons. The quantitative estimate of drug-likeness (QED) is 0.722.